The van der Waals surface area contributed by atoms with Crippen LogP contribution in [-0.4, -0.2) is 54.9 Å². The minimum absolute atomic E-state index is 0.176. The first-order valence-electron chi connectivity index (χ1n) is 10.3. The third-order valence-electron chi connectivity index (χ3n) is 6.49. The van der Waals surface area contributed by atoms with Gasteiger partial charge in [0, 0.05) is 32.6 Å². The summed E-state index contributed by atoms with van der Waals surface area (Å²) in [5.41, 5.74) is 0.838. The highest BCUT2D eigenvalue weighted by Crippen LogP contribution is 2.41. The Morgan fingerprint density at radius 2 is 1.96 bits per heavy atom. The van der Waals surface area contributed by atoms with Crippen molar-refractivity contribution in [1.29, 1.82) is 0 Å². The second-order valence-electron chi connectivity index (χ2n) is 8.49. The van der Waals surface area contributed by atoms with E-state index in [0.29, 0.717) is 18.9 Å². The molecule has 1 unspecified atom stereocenters. The third-order valence-corrected chi connectivity index (χ3v) is 6.49. The third kappa shape index (κ3) is 3.97. The lowest BCUT2D eigenvalue weighted by Gasteiger charge is -2.39. The average molecular weight is 370 g/mol. The molecule has 2 amide bonds. The number of hydrogen-bond acceptors (Lipinski definition) is 3. The van der Waals surface area contributed by atoms with Gasteiger partial charge in [-0.1, -0.05) is 12.1 Å². The Kier molecular flexibility index (Phi) is 5.11. The van der Waals surface area contributed by atoms with Gasteiger partial charge < -0.3 is 14.5 Å². The van der Waals surface area contributed by atoms with Crippen molar-refractivity contribution in [1.82, 2.24) is 9.80 Å². The molecule has 5 heteroatoms. The molecule has 146 valence electrons. The lowest BCUT2D eigenvalue weighted by molar-refractivity contribution is -0.146. The van der Waals surface area contributed by atoms with E-state index in [1.807, 2.05) is 29.2 Å². The highest BCUT2D eigenvalue weighted by Gasteiger charge is 2.49. The fourth-order valence-electron chi connectivity index (χ4n) is 4.60. The molecule has 4 rings (SSSR count). The Balaban J connectivity index is 1.32. The van der Waals surface area contributed by atoms with E-state index in [1.54, 1.807) is 7.11 Å². The summed E-state index contributed by atoms with van der Waals surface area (Å²) < 4.78 is 5.18. The zero-order valence-electron chi connectivity index (χ0n) is 16.3. The van der Waals surface area contributed by atoms with Gasteiger partial charge in [-0.3, -0.25) is 9.59 Å². The lowest BCUT2D eigenvalue weighted by atomic mass is 9.78. The molecule has 5 nitrogen and oxygen atoms in total. The minimum atomic E-state index is -0.303. The van der Waals surface area contributed by atoms with Crippen molar-refractivity contribution in [2.24, 2.45) is 11.3 Å². The van der Waals surface area contributed by atoms with Crippen molar-refractivity contribution >= 4 is 11.8 Å². The molecule has 2 heterocycles. The van der Waals surface area contributed by atoms with Gasteiger partial charge in [-0.25, -0.2) is 0 Å². The molecule has 0 bridgehead atoms. The molecule has 1 aromatic rings. The van der Waals surface area contributed by atoms with Crippen molar-refractivity contribution in [3.8, 4) is 5.75 Å². The smallest absolute Gasteiger partial charge is 0.230 e. The van der Waals surface area contributed by atoms with Crippen LogP contribution in [0.15, 0.2) is 24.3 Å². The number of aryl methyl sites for hydroxylation is 1. The van der Waals surface area contributed by atoms with Gasteiger partial charge in [0.25, 0.3) is 0 Å². The maximum Gasteiger partial charge on any atom is 0.230 e. The summed E-state index contributed by atoms with van der Waals surface area (Å²) in [6, 6.07) is 7.88. The summed E-state index contributed by atoms with van der Waals surface area (Å²) >= 11 is 0. The molecule has 3 aliphatic rings. The van der Waals surface area contributed by atoms with Crippen molar-refractivity contribution in [3.05, 3.63) is 29.8 Å². The molecular weight excluding hydrogens is 340 g/mol. The lowest BCUT2D eigenvalue weighted by Crippen LogP contribution is -2.50. The second kappa shape index (κ2) is 7.53. The normalized spacial score (nSPS) is 25.3. The summed E-state index contributed by atoms with van der Waals surface area (Å²) in [6.45, 7) is 3.19. The molecule has 3 fully saturated rings. The van der Waals surface area contributed by atoms with E-state index in [1.165, 1.54) is 12.8 Å². The summed E-state index contributed by atoms with van der Waals surface area (Å²) in [7, 11) is 1.65. The van der Waals surface area contributed by atoms with E-state index in [9.17, 15) is 9.59 Å². The summed E-state index contributed by atoms with van der Waals surface area (Å²) in [5.74, 6) is 2.05. The van der Waals surface area contributed by atoms with E-state index >= 15 is 0 Å². The molecule has 27 heavy (non-hydrogen) atoms. The van der Waals surface area contributed by atoms with Gasteiger partial charge in [0.2, 0.25) is 11.8 Å². The SMILES string of the molecule is COc1ccc(CCC(=O)N2CCC3(CCCN(CC4CC4)C3=O)C2)cc1. The van der Waals surface area contributed by atoms with E-state index < -0.39 is 0 Å². The van der Waals surface area contributed by atoms with E-state index in [0.717, 1.165) is 62.5 Å². The number of nitrogens with zero attached hydrogens (tertiary/aromatic N) is 2. The number of piperidine rings is 1. The maximum absolute atomic E-state index is 13.1. The van der Waals surface area contributed by atoms with Gasteiger partial charge >= 0.3 is 0 Å². The van der Waals surface area contributed by atoms with Crippen LogP contribution in [0, 0.1) is 11.3 Å². The van der Waals surface area contributed by atoms with Crippen LogP contribution in [0.3, 0.4) is 0 Å². The Labute approximate surface area is 161 Å². The first-order chi connectivity index (χ1) is 13.1. The van der Waals surface area contributed by atoms with Gasteiger partial charge in [-0.15, -0.1) is 0 Å². The predicted molar refractivity (Wildman–Crippen MR) is 103 cm³/mol. The van der Waals surface area contributed by atoms with Crippen LogP contribution in [0.1, 0.15) is 44.1 Å². The molecule has 1 spiro atoms. The number of benzene rings is 1. The molecule has 2 saturated heterocycles. The average Bonchev–Trinajstić information content (AvgIpc) is 3.41. The molecule has 0 N–H and O–H groups in total. The zero-order valence-corrected chi connectivity index (χ0v) is 16.3. The fourth-order valence-corrected chi connectivity index (χ4v) is 4.60. The monoisotopic (exact) mass is 370 g/mol. The van der Waals surface area contributed by atoms with Crippen LogP contribution in [0.5, 0.6) is 5.75 Å². The number of carbonyl (C=O) groups is 2. The number of rotatable bonds is 6. The van der Waals surface area contributed by atoms with Crippen molar-refractivity contribution < 1.29 is 14.3 Å². The number of carbonyl (C=O) groups excluding carboxylic acids is 2. The molecule has 1 saturated carbocycles. The molecule has 1 atom stereocenters. The summed E-state index contributed by atoms with van der Waals surface area (Å²) in [6.07, 6.45) is 6.62. The Hall–Kier alpha value is -2.04. The van der Waals surface area contributed by atoms with Crippen LogP contribution < -0.4 is 4.74 Å². The number of amides is 2. The number of likely N-dealkylation sites (tertiary alicyclic amines) is 2. The van der Waals surface area contributed by atoms with Crippen LogP contribution in [0.25, 0.3) is 0 Å². The van der Waals surface area contributed by atoms with Gasteiger partial charge in [0.05, 0.1) is 12.5 Å². The van der Waals surface area contributed by atoms with Gasteiger partial charge in [0.1, 0.15) is 5.75 Å². The van der Waals surface area contributed by atoms with Crippen LogP contribution in [0.4, 0.5) is 0 Å². The van der Waals surface area contributed by atoms with Crippen molar-refractivity contribution in [2.75, 3.05) is 33.3 Å². The maximum atomic E-state index is 13.1. The van der Waals surface area contributed by atoms with Gasteiger partial charge in [0.15, 0.2) is 0 Å². The van der Waals surface area contributed by atoms with Crippen molar-refractivity contribution in [2.45, 2.75) is 44.9 Å². The van der Waals surface area contributed by atoms with E-state index in [4.69, 9.17) is 4.74 Å². The van der Waals surface area contributed by atoms with Crippen LogP contribution in [-0.2, 0) is 16.0 Å². The highest BCUT2D eigenvalue weighted by molar-refractivity contribution is 5.86. The number of hydrogen-bond donors (Lipinski definition) is 0. The first-order valence-corrected chi connectivity index (χ1v) is 10.3. The number of ether oxygens (including phenoxy) is 1. The second-order valence-corrected chi connectivity index (χ2v) is 8.49. The molecule has 2 aliphatic heterocycles. The standard InChI is InChI=1S/C22H30N2O3/c1-27-19-8-5-17(6-9-19)7-10-20(25)24-14-12-22(16-24)11-2-13-23(21(22)26)15-18-3-4-18/h5-6,8-9,18H,2-4,7,10-16H2,1H3. The summed E-state index contributed by atoms with van der Waals surface area (Å²) in [5, 5.41) is 0. The predicted octanol–water partition coefficient (Wildman–Crippen LogP) is 2.88. The van der Waals surface area contributed by atoms with E-state index in [-0.39, 0.29) is 11.3 Å². The highest BCUT2D eigenvalue weighted by atomic mass is 16.5. The number of methoxy groups -OCH3 is 1. The topological polar surface area (TPSA) is 49.9 Å². The Morgan fingerprint density at radius 3 is 2.67 bits per heavy atom. The first kappa shape index (κ1) is 18.3. The molecular formula is C22H30N2O3. The zero-order chi connectivity index (χ0) is 18.9. The molecule has 0 radical (unpaired) electrons. The van der Waals surface area contributed by atoms with Crippen LogP contribution in [0.2, 0.25) is 0 Å². The molecule has 0 aromatic heterocycles. The summed E-state index contributed by atoms with van der Waals surface area (Å²) in [4.78, 5) is 29.8. The van der Waals surface area contributed by atoms with Gasteiger partial charge in [-0.2, -0.15) is 0 Å². The van der Waals surface area contributed by atoms with Crippen molar-refractivity contribution in [3.63, 3.8) is 0 Å². The Bertz CT molecular complexity index is 698. The fraction of sp³-hybridized carbons (Fsp3) is 0.636. The van der Waals surface area contributed by atoms with Crippen LogP contribution >= 0.6 is 0 Å². The van der Waals surface area contributed by atoms with Gasteiger partial charge in [-0.05, 0) is 62.1 Å². The Morgan fingerprint density at radius 1 is 1.19 bits per heavy atom. The minimum Gasteiger partial charge on any atom is -0.497 e. The molecule has 1 aromatic carbocycles. The largest absolute Gasteiger partial charge is 0.497 e. The molecule has 1 aliphatic carbocycles. The van der Waals surface area contributed by atoms with E-state index in [2.05, 4.69) is 4.90 Å². The quantitative estimate of drug-likeness (QED) is 0.774.